The standard InChI is InChI=1S/C21H15NO2/c23-20(24-16-6-9-17-7-2-1-3-8-17)14-13-19-11-4-10-18-12-5-15-22-21(18)19/h1-5,7-8,10-15H,16H2/b14-13+. The molecule has 0 amide bonds. The van der Waals surface area contributed by atoms with Gasteiger partial charge in [0, 0.05) is 28.8 Å². The van der Waals surface area contributed by atoms with Crippen LogP contribution < -0.4 is 0 Å². The highest BCUT2D eigenvalue weighted by atomic mass is 16.5. The number of ether oxygens (including phenoxy) is 1. The van der Waals surface area contributed by atoms with Gasteiger partial charge in [-0.3, -0.25) is 4.98 Å². The van der Waals surface area contributed by atoms with Crippen molar-refractivity contribution in [3.63, 3.8) is 0 Å². The molecule has 3 heteroatoms. The fraction of sp³-hybridized carbons (Fsp3) is 0.0476. The lowest BCUT2D eigenvalue weighted by molar-refractivity contribution is -0.136. The van der Waals surface area contributed by atoms with Crippen molar-refractivity contribution in [1.29, 1.82) is 0 Å². The van der Waals surface area contributed by atoms with Crippen molar-refractivity contribution >= 4 is 22.9 Å². The molecular formula is C21H15NO2. The van der Waals surface area contributed by atoms with Gasteiger partial charge in [-0.25, -0.2) is 4.79 Å². The fourth-order valence-electron chi connectivity index (χ4n) is 2.24. The summed E-state index contributed by atoms with van der Waals surface area (Å²) in [4.78, 5) is 16.1. The Hall–Kier alpha value is -3.38. The van der Waals surface area contributed by atoms with E-state index in [1.807, 2.05) is 60.7 Å². The first-order valence-electron chi connectivity index (χ1n) is 7.55. The minimum atomic E-state index is -0.426. The third-order valence-corrected chi connectivity index (χ3v) is 3.36. The van der Waals surface area contributed by atoms with Crippen LogP contribution in [-0.2, 0) is 9.53 Å². The number of aromatic nitrogens is 1. The third kappa shape index (κ3) is 4.08. The molecule has 24 heavy (non-hydrogen) atoms. The van der Waals surface area contributed by atoms with E-state index in [1.54, 1.807) is 12.3 Å². The first-order valence-corrected chi connectivity index (χ1v) is 7.55. The number of pyridine rings is 1. The number of hydrogen-bond acceptors (Lipinski definition) is 3. The first kappa shape index (κ1) is 15.5. The molecule has 2 aromatic carbocycles. The van der Waals surface area contributed by atoms with E-state index in [-0.39, 0.29) is 6.61 Å². The quantitative estimate of drug-likeness (QED) is 0.419. The van der Waals surface area contributed by atoms with Crippen molar-refractivity contribution in [3.8, 4) is 11.8 Å². The van der Waals surface area contributed by atoms with Crippen LogP contribution in [0.5, 0.6) is 0 Å². The maximum absolute atomic E-state index is 11.8. The number of hydrogen-bond donors (Lipinski definition) is 0. The summed E-state index contributed by atoms with van der Waals surface area (Å²) < 4.78 is 5.08. The van der Waals surface area contributed by atoms with Gasteiger partial charge in [0.25, 0.3) is 0 Å². The fourth-order valence-corrected chi connectivity index (χ4v) is 2.24. The van der Waals surface area contributed by atoms with Crippen LogP contribution in [0.2, 0.25) is 0 Å². The summed E-state index contributed by atoms with van der Waals surface area (Å²) in [5.41, 5.74) is 2.62. The van der Waals surface area contributed by atoms with Gasteiger partial charge in [0.05, 0.1) is 5.52 Å². The van der Waals surface area contributed by atoms with Gasteiger partial charge in [0.2, 0.25) is 0 Å². The monoisotopic (exact) mass is 313 g/mol. The summed E-state index contributed by atoms with van der Waals surface area (Å²) in [6.45, 7) is 0.0614. The minimum Gasteiger partial charge on any atom is -0.449 e. The third-order valence-electron chi connectivity index (χ3n) is 3.36. The molecule has 0 aliphatic rings. The summed E-state index contributed by atoms with van der Waals surface area (Å²) in [6, 6.07) is 19.3. The van der Waals surface area contributed by atoms with Gasteiger partial charge in [0.1, 0.15) is 0 Å². The highest BCUT2D eigenvalue weighted by molar-refractivity contribution is 5.92. The molecule has 0 bridgehead atoms. The van der Waals surface area contributed by atoms with Crippen LogP contribution in [0.1, 0.15) is 11.1 Å². The second kappa shape index (κ2) is 7.75. The van der Waals surface area contributed by atoms with Gasteiger partial charge in [-0.15, -0.1) is 0 Å². The Kier molecular flexibility index (Phi) is 5.01. The molecule has 3 aromatic rings. The number of carbonyl (C=O) groups is 1. The molecule has 116 valence electrons. The summed E-state index contributed by atoms with van der Waals surface area (Å²) in [7, 11) is 0. The highest BCUT2D eigenvalue weighted by Crippen LogP contribution is 2.17. The van der Waals surface area contributed by atoms with Crippen LogP contribution in [0.3, 0.4) is 0 Å². The van der Waals surface area contributed by atoms with E-state index in [0.717, 1.165) is 22.0 Å². The first-order chi connectivity index (χ1) is 11.8. The SMILES string of the molecule is O=C(/C=C/c1cccc2cccnc12)OCC#Cc1ccccc1. The zero-order chi connectivity index (χ0) is 16.6. The van der Waals surface area contributed by atoms with E-state index in [1.165, 1.54) is 6.08 Å². The van der Waals surface area contributed by atoms with Crippen molar-refractivity contribution in [2.75, 3.05) is 6.61 Å². The summed E-state index contributed by atoms with van der Waals surface area (Å²) in [5, 5.41) is 1.03. The predicted molar refractivity (Wildman–Crippen MR) is 95.1 cm³/mol. The molecule has 0 atom stereocenters. The second-order valence-corrected chi connectivity index (χ2v) is 5.03. The normalized spacial score (nSPS) is 10.3. The van der Waals surface area contributed by atoms with Gasteiger partial charge in [-0.05, 0) is 24.3 Å². The van der Waals surface area contributed by atoms with E-state index >= 15 is 0 Å². The Morgan fingerprint density at radius 3 is 2.75 bits per heavy atom. The predicted octanol–water partition coefficient (Wildman–Crippen LogP) is 3.84. The summed E-state index contributed by atoms with van der Waals surface area (Å²) in [6.07, 6.45) is 4.84. The molecule has 0 radical (unpaired) electrons. The van der Waals surface area contributed by atoms with Crippen LogP contribution in [0.15, 0.2) is 72.9 Å². The molecule has 0 unspecified atom stereocenters. The van der Waals surface area contributed by atoms with Crippen molar-refractivity contribution in [2.45, 2.75) is 0 Å². The van der Waals surface area contributed by atoms with Gasteiger partial charge >= 0.3 is 5.97 Å². The molecule has 3 rings (SSSR count). The lowest BCUT2D eigenvalue weighted by Gasteiger charge is -2.00. The Morgan fingerprint density at radius 2 is 1.88 bits per heavy atom. The van der Waals surface area contributed by atoms with Crippen molar-refractivity contribution in [2.24, 2.45) is 0 Å². The molecule has 0 N–H and O–H groups in total. The zero-order valence-corrected chi connectivity index (χ0v) is 13.0. The number of nitrogens with zero attached hydrogens (tertiary/aromatic N) is 1. The number of carbonyl (C=O) groups excluding carboxylic acids is 1. The highest BCUT2D eigenvalue weighted by Gasteiger charge is 2.00. The van der Waals surface area contributed by atoms with Crippen LogP contribution >= 0.6 is 0 Å². The summed E-state index contributed by atoms with van der Waals surface area (Å²) in [5.74, 6) is 5.33. The molecule has 0 saturated heterocycles. The van der Waals surface area contributed by atoms with E-state index in [9.17, 15) is 4.79 Å². The average Bonchev–Trinajstić information content (AvgIpc) is 2.64. The van der Waals surface area contributed by atoms with Gasteiger partial charge in [-0.2, -0.15) is 0 Å². The van der Waals surface area contributed by atoms with E-state index in [2.05, 4.69) is 16.8 Å². The molecule has 0 spiro atoms. The largest absolute Gasteiger partial charge is 0.449 e. The second-order valence-electron chi connectivity index (χ2n) is 5.03. The topological polar surface area (TPSA) is 39.2 Å². The maximum Gasteiger partial charge on any atom is 0.331 e. The maximum atomic E-state index is 11.8. The minimum absolute atomic E-state index is 0.0614. The Balaban J connectivity index is 1.60. The van der Waals surface area contributed by atoms with E-state index < -0.39 is 5.97 Å². The number of benzene rings is 2. The molecule has 0 aliphatic carbocycles. The van der Waals surface area contributed by atoms with Crippen molar-refractivity contribution in [3.05, 3.63) is 84.1 Å². The number of fused-ring (bicyclic) bond motifs is 1. The number of para-hydroxylation sites is 1. The summed E-state index contributed by atoms with van der Waals surface area (Å²) >= 11 is 0. The molecular weight excluding hydrogens is 298 g/mol. The Labute approximate surface area is 140 Å². The smallest absolute Gasteiger partial charge is 0.331 e. The number of rotatable bonds is 3. The lowest BCUT2D eigenvalue weighted by Crippen LogP contribution is -2.00. The van der Waals surface area contributed by atoms with Crippen molar-refractivity contribution < 1.29 is 9.53 Å². The molecule has 0 saturated carbocycles. The van der Waals surface area contributed by atoms with E-state index in [0.29, 0.717) is 0 Å². The van der Waals surface area contributed by atoms with Gasteiger partial charge < -0.3 is 4.74 Å². The van der Waals surface area contributed by atoms with Crippen LogP contribution in [0, 0.1) is 11.8 Å². The molecule has 1 aromatic heterocycles. The van der Waals surface area contributed by atoms with E-state index in [4.69, 9.17) is 4.74 Å². The Morgan fingerprint density at radius 1 is 1.04 bits per heavy atom. The van der Waals surface area contributed by atoms with Crippen LogP contribution in [0.25, 0.3) is 17.0 Å². The van der Waals surface area contributed by atoms with Gasteiger partial charge in [-0.1, -0.05) is 54.3 Å². The zero-order valence-electron chi connectivity index (χ0n) is 13.0. The molecule has 0 fully saturated rings. The average molecular weight is 313 g/mol. The van der Waals surface area contributed by atoms with Crippen molar-refractivity contribution in [1.82, 2.24) is 4.98 Å². The number of esters is 1. The van der Waals surface area contributed by atoms with Gasteiger partial charge in [0.15, 0.2) is 6.61 Å². The molecule has 3 nitrogen and oxygen atoms in total. The molecule has 0 aliphatic heterocycles. The molecule has 1 heterocycles. The van der Waals surface area contributed by atoms with Crippen LogP contribution in [-0.4, -0.2) is 17.6 Å². The lowest BCUT2D eigenvalue weighted by atomic mass is 10.1. The van der Waals surface area contributed by atoms with Crippen LogP contribution in [0.4, 0.5) is 0 Å². The Bertz CT molecular complexity index is 929.